The predicted octanol–water partition coefficient (Wildman–Crippen LogP) is 1.78. The summed E-state index contributed by atoms with van der Waals surface area (Å²) in [5.74, 6) is 2.68. The van der Waals surface area contributed by atoms with E-state index in [0.29, 0.717) is 6.04 Å². The van der Waals surface area contributed by atoms with Crippen LogP contribution in [0.2, 0.25) is 0 Å². The monoisotopic (exact) mass is 333 g/mol. The van der Waals surface area contributed by atoms with Crippen molar-refractivity contribution in [2.45, 2.75) is 25.8 Å². The third kappa shape index (κ3) is 1.06. The molecule has 1 nitrogen and oxygen atoms in total. The Morgan fingerprint density at radius 2 is 2.33 bits per heavy atom. The van der Waals surface area contributed by atoms with Gasteiger partial charge >= 0.3 is 0 Å². The van der Waals surface area contributed by atoms with E-state index in [1.54, 1.807) is 11.5 Å². The van der Waals surface area contributed by atoms with Crippen LogP contribution in [0.25, 0.3) is 0 Å². The normalized spacial score (nSPS) is 35.2. The fraction of sp³-hybridized carbons (Fsp3) is 0.500. The van der Waals surface area contributed by atoms with Crippen molar-refractivity contribution in [1.82, 2.24) is 5.32 Å². The quantitative estimate of drug-likeness (QED) is 0.667. The maximum Gasteiger partial charge on any atom is 0.0181 e. The van der Waals surface area contributed by atoms with Crippen molar-refractivity contribution < 1.29 is 20.4 Å². The van der Waals surface area contributed by atoms with Crippen LogP contribution in [0.4, 0.5) is 0 Å². The van der Waals surface area contributed by atoms with Crippen LogP contribution in [-0.4, -0.2) is 6.04 Å². The SMILES string of the molecule is CC1=CC=C2[C-]3C[C@H]3C[C@H]2N1.[Re]. The molecular weight excluding hydrogens is 320 g/mol. The number of dihydropyridines is 1. The molecule has 0 spiro atoms. The molecule has 1 N–H and O–H groups in total. The van der Waals surface area contributed by atoms with Gasteiger partial charge in [0.2, 0.25) is 0 Å². The molecule has 2 aliphatic carbocycles. The van der Waals surface area contributed by atoms with Crippen LogP contribution in [0, 0.1) is 11.8 Å². The topological polar surface area (TPSA) is 12.0 Å². The summed E-state index contributed by atoms with van der Waals surface area (Å²) in [7, 11) is 0. The smallest absolute Gasteiger partial charge is 0.0181 e. The Labute approximate surface area is 87.0 Å². The molecule has 2 fully saturated rings. The second-order valence-electron chi connectivity index (χ2n) is 3.83. The summed E-state index contributed by atoms with van der Waals surface area (Å²) in [5.41, 5.74) is 2.92. The number of hydrogen-bond acceptors (Lipinski definition) is 1. The molecule has 2 atom stereocenters. The molecule has 0 aromatic rings. The van der Waals surface area contributed by atoms with E-state index in [4.69, 9.17) is 0 Å². The van der Waals surface area contributed by atoms with Crippen LogP contribution in [-0.2, 0) is 20.4 Å². The van der Waals surface area contributed by atoms with E-state index in [2.05, 4.69) is 24.4 Å². The second-order valence-corrected chi connectivity index (χ2v) is 3.83. The largest absolute Gasteiger partial charge is 0.386 e. The number of allylic oxidation sites excluding steroid dienone is 3. The zero-order chi connectivity index (χ0) is 7.42. The van der Waals surface area contributed by atoms with Gasteiger partial charge in [0.15, 0.2) is 0 Å². The zero-order valence-corrected chi connectivity index (χ0v) is 9.82. The molecule has 12 heavy (non-hydrogen) atoms. The van der Waals surface area contributed by atoms with Gasteiger partial charge in [0.25, 0.3) is 0 Å². The first-order chi connectivity index (χ1) is 5.34. The Hall–Kier alpha value is -0.188. The molecule has 3 aliphatic rings. The van der Waals surface area contributed by atoms with Crippen LogP contribution in [0.3, 0.4) is 0 Å². The molecule has 0 unspecified atom stereocenters. The van der Waals surface area contributed by atoms with E-state index in [9.17, 15) is 0 Å². The Morgan fingerprint density at radius 3 is 3.17 bits per heavy atom. The van der Waals surface area contributed by atoms with Gasteiger partial charge in [-0.2, -0.15) is 5.57 Å². The third-order valence-corrected chi connectivity index (χ3v) is 2.98. The van der Waals surface area contributed by atoms with E-state index >= 15 is 0 Å². The molecule has 1 heterocycles. The molecule has 65 valence electrons. The number of fused-ring (bicyclic) bond motifs is 3. The average Bonchev–Trinajstić information content (AvgIpc) is 2.63. The van der Waals surface area contributed by atoms with Gasteiger partial charge in [0, 0.05) is 26.5 Å². The van der Waals surface area contributed by atoms with Crippen molar-refractivity contribution in [2.75, 3.05) is 0 Å². The number of nitrogens with one attached hydrogen (secondary N) is 1. The minimum Gasteiger partial charge on any atom is -0.386 e. The van der Waals surface area contributed by atoms with Gasteiger partial charge in [0.1, 0.15) is 0 Å². The number of hydrogen-bond donors (Lipinski definition) is 1. The van der Waals surface area contributed by atoms with Crippen molar-refractivity contribution in [2.24, 2.45) is 5.92 Å². The predicted molar refractivity (Wildman–Crippen MR) is 44.7 cm³/mol. The summed E-state index contributed by atoms with van der Waals surface area (Å²) >= 11 is 0. The molecule has 3 rings (SSSR count). The zero-order valence-electron chi connectivity index (χ0n) is 7.10. The summed E-state index contributed by atoms with van der Waals surface area (Å²) in [6, 6.07) is 0.675. The molecule has 2 saturated carbocycles. The summed E-state index contributed by atoms with van der Waals surface area (Å²) in [5, 5.41) is 3.51. The Bertz CT molecular complexity index is 267. The number of rotatable bonds is 0. The molecule has 0 amide bonds. The molecule has 2 heteroatoms. The van der Waals surface area contributed by atoms with Crippen molar-refractivity contribution in [3.63, 3.8) is 0 Å². The molecule has 1 aliphatic heterocycles. The molecular formula is C10H12NRe-. The van der Waals surface area contributed by atoms with Crippen LogP contribution < -0.4 is 5.32 Å². The van der Waals surface area contributed by atoms with E-state index < -0.39 is 0 Å². The van der Waals surface area contributed by atoms with Crippen molar-refractivity contribution in [1.29, 1.82) is 0 Å². The van der Waals surface area contributed by atoms with Gasteiger partial charge < -0.3 is 5.32 Å². The summed E-state index contributed by atoms with van der Waals surface area (Å²) in [6.07, 6.45) is 7.24. The summed E-state index contributed by atoms with van der Waals surface area (Å²) < 4.78 is 0. The van der Waals surface area contributed by atoms with Crippen LogP contribution >= 0.6 is 0 Å². The maximum atomic E-state index is 3.51. The van der Waals surface area contributed by atoms with Gasteiger partial charge in [-0.05, 0) is 19.0 Å². The van der Waals surface area contributed by atoms with E-state index in [0.717, 1.165) is 5.92 Å². The first-order valence-corrected chi connectivity index (χ1v) is 4.36. The van der Waals surface area contributed by atoms with Gasteiger partial charge in [0.05, 0.1) is 0 Å². The third-order valence-electron chi connectivity index (χ3n) is 2.98. The second kappa shape index (κ2) is 2.65. The molecule has 1 radical (unpaired) electrons. The van der Waals surface area contributed by atoms with Gasteiger partial charge in [-0.3, -0.25) is 0 Å². The molecule has 0 aromatic carbocycles. The average molecular weight is 332 g/mol. The fourth-order valence-corrected chi connectivity index (χ4v) is 2.32. The first-order valence-electron chi connectivity index (χ1n) is 4.36. The van der Waals surface area contributed by atoms with E-state index in [1.165, 1.54) is 18.5 Å². The molecule has 0 aromatic heterocycles. The summed E-state index contributed by atoms with van der Waals surface area (Å²) in [4.78, 5) is 0. The van der Waals surface area contributed by atoms with Gasteiger partial charge in [-0.15, -0.1) is 12.5 Å². The van der Waals surface area contributed by atoms with E-state index in [-0.39, 0.29) is 20.4 Å². The summed E-state index contributed by atoms with van der Waals surface area (Å²) in [6.45, 7) is 2.14. The van der Waals surface area contributed by atoms with Crippen molar-refractivity contribution in [3.8, 4) is 0 Å². The van der Waals surface area contributed by atoms with Crippen molar-refractivity contribution in [3.05, 3.63) is 29.3 Å². The Kier molecular flexibility index (Phi) is 1.86. The van der Waals surface area contributed by atoms with Gasteiger partial charge in [-0.1, -0.05) is 5.92 Å². The maximum absolute atomic E-state index is 3.51. The molecule has 0 bridgehead atoms. The Morgan fingerprint density at radius 1 is 1.50 bits per heavy atom. The Balaban J connectivity index is 0.000000563. The molecule has 0 saturated heterocycles. The van der Waals surface area contributed by atoms with Crippen LogP contribution in [0.1, 0.15) is 19.8 Å². The van der Waals surface area contributed by atoms with E-state index in [1.807, 2.05) is 0 Å². The van der Waals surface area contributed by atoms with Crippen molar-refractivity contribution >= 4 is 0 Å². The van der Waals surface area contributed by atoms with Gasteiger partial charge in [-0.25, -0.2) is 12.0 Å². The van der Waals surface area contributed by atoms with Crippen LogP contribution in [0.5, 0.6) is 0 Å². The minimum absolute atomic E-state index is 0. The van der Waals surface area contributed by atoms with Crippen LogP contribution in [0.15, 0.2) is 23.4 Å². The standard InChI is InChI=1S/C10H12N.Re/c1-6-2-3-8-9-4-7(9)5-10(8)11-6;/h2-3,7,10-11H,4-5H2,1H3;/q-1;/t7-,10+;/m0./s1. The minimum atomic E-state index is 0. The fourth-order valence-electron chi connectivity index (χ4n) is 2.32. The first kappa shape index (κ1) is 8.41.